The fraction of sp³-hybridized carbons (Fsp3) is 0.400. The van der Waals surface area contributed by atoms with Gasteiger partial charge in [0.1, 0.15) is 0 Å². The van der Waals surface area contributed by atoms with E-state index < -0.39 is 22.1 Å². The van der Waals surface area contributed by atoms with Gasteiger partial charge in [-0.05, 0) is 11.6 Å². The quantitative estimate of drug-likeness (QED) is 0.336. The summed E-state index contributed by atoms with van der Waals surface area (Å²) in [6.45, 7) is 0.843. The Morgan fingerprint density at radius 1 is 1.35 bits per heavy atom. The molecule has 0 aliphatic carbocycles. The van der Waals surface area contributed by atoms with E-state index in [1.807, 2.05) is 0 Å². The predicted molar refractivity (Wildman–Crippen MR) is 58.0 cm³/mol. The number of aromatic hydroxyl groups is 2. The number of benzene rings is 1. The highest BCUT2D eigenvalue weighted by Gasteiger charge is 2.18. The molecule has 0 unspecified atom stereocenters. The minimum absolute atomic E-state index is 0.0953. The average Bonchev–Trinajstić information content (AvgIpc) is 2.28. The zero-order valence-electron chi connectivity index (χ0n) is 9.25. The maximum absolute atomic E-state index is 10.6. The van der Waals surface area contributed by atoms with Crippen molar-refractivity contribution in [3.63, 3.8) is 0 Å². The largest absolute Gasteiger partial charge is 0.504 e. The Kier molecular flexibility index (Phi) is 4.68. The van der Waals surface area contributed by atoms with Crippen LogP contribution in [0.1, 0.15) is 5.56 Å². The summed E-state index contributed by atoms with van der Waals surface area (Å²) in [5.41, 5.74) is -0.140. The van der Waals surface area contributed by atoms with Crippen LogP contribution in [-0.4, -0.2) is 35.5 Å². The van der Waals surface area contributed by atoms with E-state index in [2.05, 4.69) is 0 Å². The SMILES string of the molecule is COCCOCc1cc(O)c(O)c([N+](=O)[O-])c1. The summed E-state index contributed by atoms with van der Waals surface area (Å²) < 4.78 is 9.91. The Hall–Kier alpha value is -1.86. The zero-order valence-corrected chi connectivity index (χ0v) is 9.25. The fourth-order valence-corrected chi connectivity index (χ4v) is 1.22. The molecule has 0 amide bonds. The number of nitro groups is 1. The Labute approximate surface area is 97.4 Å². The molecular weight excluding hydrogens is 230 g/mol. The molecule has 0 spiro atoms. The lowest BCUT2D eigenvalue weighted by atomic mass is 10.2. The van der Waals surface area contributed by atoms with Gasteiger partial charge >= 0.3 is 5.69 Å². The standard InChI is InChI=1S/C10H13NO6/c1-16-2-3-17-6-7-4-8(11(14)15)10(13)9(12)5-7/h4-5,12-13H,2-3,6H2,1H3. The normalized spacial score (nSPS) is 10.4. The van der Waals surface area contributed by atoms with E-state index in [0.29, 0.717) is 18.8 Å². The van der Waals surface area contributed by atoms with Crippen molar-refractivity contribution in [2.24, 2.45) is 0 Å². The predicted octanol–water partition coefficient (Wildman–Crippen LogP) is 1.17. The lowest BCUT2D eigenvalue weighted by molar-refractivity contribution is -0.386. The van der Waals surface area contributed by atoms with E-state index in [-0.39, 0.29) is 6.61 Å². The van der Waals surface area contributed by atoms with Crippen LogP contribution in [0.5, 0.6) is 11.5 Å². The van der Waals surface area contributed by atoms with Gasteiger partial charge in [0.05, 0.1) is 24.7 Å². The molecule has 2 N–H and O–H groups in total. The summed E-state index contributed by atoms with van der Waals surface area (Å²) in [5.74, 6) is -1.28. The van der Waals surface area contributed by atoms with Crippen molar-refractivity contribution in [1.29, 1.82) is 0 Å². The van der Waals surface area contributed by atoms with Crippen LogP contribution >= 0.6 is 0 Å². The van der Waals surface area contributed by atoms with Crippen molar-refractivity contribution in [1.82, 2.24) is 0 Å². The number of hydrogen-bond acceptors (Lipinski definition) is 6. The highest BCUT2D eigenvalue weighted by molar-refractivity contribution is 5.56. The summed E-state index contributed by atoms with van der Waals surface area (Å²) in [4.78, 5) is 9.81. The number of nitrogens with zero attached hydrogens (tertiary/aromatic N) is 1. The van der Waals surface area contributed by atoms with Crippen molar-refractivity contribution >= 4 is 5.69 Å². The van der Waals surface area contributed by atoms with E-state index in [1.54, 1.807) is 0 Å². The molecule has 0 saturated carbocycles. The molecule has 94 valence electrons. The average molecular weight is 243 g/mol. The molecule has 0 radical (unpaired) electrons. The summed E-state index contributed by atoms with van der Waals surface area (Å²) in [7, 11) is 1.53. The zero-order chi connectivity index (χ0) is 12.8. The summed E-state index contributed by atoms with van der Waals surface area (Å²) in [6.07, 6.45) is 0. The third-order valence-electron chi connectivity index (χ3n) is 2.03. The van der Waals surface area contributed by atoms with Crippen molar-refractivity contribution in [2.75, 3.05) is 20.3 Å². The Balaban J connectivity index is 2.77. The minimum Gasteiger partial charge on any atom is -0.504 e. The van der Waals surface area contributed by atoms with Gasteiger partial charge in [-0.25, -0.2) is 0 Å². The summed E-state index contributed by atoms with van der Waals surface area (Å²) >= 11 is 0. The molecule has 1 aromatic carbocycles. The molecular formula is C10H13NO6. The third-order valence-corrected chi connectivity index (χ3v) is 2.03. The molecule has 1 aromatic rings. The monoisotopic (exact) mass is 243 g/mol. The molecule has 0 bridgehead atoms. The molecule has 0 heterocycles. The van der Waals surface area contributed by atoms with E-state index in [9.17, 15) is 20.3 Å². The van der Waals surface area contributed by atoms with E-state index in [1.165, 1.54) is 13.2 Å². The molecule has 7 heteroatoms. The van der Waals surface area contributed by atoms with Crippen molar-refractivity contribution in [3.05, 3.63) is 27.8 Å². The van der Waals surface area contributed by atoms with Crippen LogP contribution in [0.4, 0.5) is 5.69 Å². The first kappa shape index (κ1) is 13.2. The van der Waals surface area contributed by atoms with E-state index >= 15 is 0 Å². The lowest BCUT2D eigenvalue weighted by Gasteiger charge is -2.05. The maximum Gasteiger partial charge on any atom is 0.315 e. The number of nitro benzene ring substituents is 1. The molecule has 0 atom stereocenters. The second-order valence-corrected chi connectivity index (χ2v) is 3.29. The highest BCUT2D eigenvalue weighted by atomic mass is 16.6. The van der Waals surface area contributed by atoms with Crippen LogP contribution in [0.25, 0.3) is 0 Å². The van der Waals surface area contributed by atoms with Crippen LogP contribution < -0.4 is 0 Å². The topological polar surface area (TPSA) is 102 Å². The van der Waals surface area contributed by atoms with Crippen molar-refractivity contribution < 1.29 is 24.6 Å². The Bertz CT molecular complexity index is 406. The van der Waals surface area contributed by atoms with Gasteiger partial charge in [0, 0.05) is 13.2 Å². The number of rotatable bonds is 6. The van der Waals surface area contributed by atoms with Crippen LogP contribution in [0.3, 0.4) is 0 Å². The van der Waals surface area contributed by atoms with Gasteiger partial charge in [-0.1, -0.05) is 0 Å². The minimum atomic E-state index is -0.770. The van der Waals surface area contributed by atoms with Gasteiger partial charge in [-0.3, -0.25) is 10.1 Å². The number of phenolic OH excluding ortho intramolecular Hbond substituents is 2. The van der Waals surface area contributed by atoms with Crippen LogP contribution in [0.15, 0.2) is 12.1 Å². The van der Waals surface area contributed by atoms with Crippen LogP contribution in [0, 0.1) is 10.1 Å². The highest BCUT2D eigenvalue weighted by Crippen LogP contribution is 2.36. The van der Waals surface area contributed by atoms with E-state index in [4.69, 9.17) is 9.47 Å². The smallest absolute Gasteiger partial charge is 0.315 e. The van der Waals surface area contributed by atoms with Gasteiger partial charge in [0.15, 0.2) is 5.75 Å². The first-order chi connectivity index (χ1) is 8.06. The lowest BCUT2D eigenvalue weighted by Crippen LogP contribution is -2.02. The Morgan fingerprint density at radius 2 is 2.06 bits per heavy atom. The van der Waals surface area contributed by atoms with Gasteiger partial charge in [0.2, 0.25) is 5.75 Å². The van der Waals surface area contributed by atoms with Gasteiger partial charge in [-0.2, -0.15) is 0 Å². The first-order valence-electron chi connectivity index (χ1n) is 4.82. The molecule has 0 aliphatic heterocycles. The second kappa shape index (κ2) is 6.02. The van der Waals surface area contributed by atoms with Crippen molar-refractivity contribution in [2.45, 2.75) is 6.61 Å². The van der Waals surface area contributed by atoms with Gasteiger partial charge in [0.25, 0.3) is 0 Å². The molecule has 0 fully saturated rings. The third kappa shape index (κ3) is 3.58. The molecule has 1 rings (SSSR count). The molecule has 0 aromatic heterocycles. The number of methoxy groups -OCH3 is 1. The molecule has 0 aliphatic rings. The summed E-state index contributed by atoms with van der Waals surface area (Å²) in [6, 6.07) is 2.37. The van der Waals surface area contributed by atoms with Crippen molar-refractivity contribution in [3.8, 4) is 11.5 Å². The molecule has 17 heavy (non-hydrogen) atoms. The van der Waals surface area contributed by atoms with E-state index in [0.717, 1.165) is 6.07 Å². The molecule has 7 nitrogen and oxygen atoms in total. The second-order valence-electron chi connectivity index (χ2n) is 3.29. The molecule has 0 saturated heterocycles. The maximum atomic E-state index is 10.6. The Morgan fingerprint density at radius 3 is 2.65 bits per heavy atom. The van der Waals surface area contributed by atoms with Gasteiger partial charge < -0.3 is 19.7 Å². The van der Waals surface area contributed by atoms with Gasteiger partial charge in [-0.15, -0.1) is 0 Å². The number of ether oxygens (including phenoxy) is 2. The van der Waals surface area contributed by atoms with Crippen LogP contribution in [-0.2, 0) is 16.1 Å². The summed E-state index contributed by atoms with van der Waals surface area (Å²) in [5, 5.41) is 29.1. The fourth-order valence-electron chi connectivity index (χ4n) is 1.22. The van der Waals surface area contributed by atoms with Crippen LogP contribution in [0.2, 0.25) is 0 Å². The number of phenols is 2. The number of hydrogen-bond donors (Lipinski definition) is 2. The first-order valence-corrected chi connectivity index (χ1v) is 4.82.